The molecule has 0 aliphatic carbocycles. The monoisotopic (exact) mass is 197 g/mol. The lowest BCUT2D eigenvalue weighted by molar-refractivity contribution is -0.146. The maximum absolute atomic E-state index is 11.2. The van der Waals surface area contributed by atoms with Gasteiger partial charge in [0.1, 0.15) is 5.69 Å². The van der Waals surface area contributed by atoms with Gasteiger partial charge in [-0.15, -0.1) is 0 Å². The Bertz CT molecular complexity index is 305. The summed E-state index contributed by atoms with van der Waals surface area (Å²) in [7, 11) is 0. The van der Waals surface area contributed by atoms with E-state index in [1.54, 1.807) is 25.3 Å². The number of ether oxygens (including phenoxy) is 2. The molecule has 0 fully saturated rings. The molecular formula is C9H11NO4. The molecule has 1 aromatic heterocycles. The summed E-state index contributed by atoms with van der Waals surface area (Å²) in [5, 5.41) is 0. The van der Waals surface area contributed by atoms with E-state index in [4.69, 9.17) is 0 Å². The first-order chi connectivity index (χ1) is 6.74. The number of hydrogen-bond donors (Lipinski definition) is 1. The second-order valence-corrected chi connectivity index (χ2v) is 2.46. The summed E-state index contributed by atoms with van der Waals surface area (Å²) in [4.78, 5) is 24.6. The number of rotatable bonds is 4. The van der Waals surface area contributed by atoms with Crippen LogP contribution in [-0.4, -0.2) is 30.1 Å². The van der Waals surface area contributed by atoms with Gasteiger partial charge in [-0.3, -0.25) is 0 Å². The van der Waals surface area contributed by atoms with Crippen LogP contribution in [0.4, 0.5) is 0 Å². The molecule has 1 heterocycles. The molecule has 5 nitrogen and oxygen atoms in total. The topological polar surface area (TPSA) is 68.4 Å². The molecule has 5 heteroatoms. The van der Waals surface area contributed by atoms with Crippen LogP contribution in [0.1, 0.15) is 17.4 Å². The maximum Gasteiger partial charge on any atom is 0.355 e. The molecule has 0 saturated carbocycles. The van der Waals surface area contributed by atoms with Crippen molar-refractivity contribution < 1.29 is 19.1 Å². The zero-order chi connectivity index (χ0) is 10.4. The zero-order valence-electron chi connectivity index (χ0n) is 7.78. The Labute approximate surface area is 81.0 Å². The van der Waals surface area contributed by atoms with E-state index in [0.29, 0.717) is 5.69 Å². The standard InChI is InChI=1S/C9H11NO4/c1-2-13-8(11)6-14-9(12)7-4-3-5-10-7/h3-5,10H,2,6H2,1H3. The van der Waals surface area contributed by atoms with Crippen LogP contribution in [0.3, 0.4) is 0 Å². The molecule has 0 radical (unpaired) electrons. The van der Waals surface area contributed by atoms with Gasteiger partial charge in [-0.1, -0.05) is 0 Å². The van der Waals surface area contributed by atoms with Crippen molar-refractivity contribution in [2.75, 3.05) is 13.2 Å². The summed E-state index contributed by atoms with van der Waals surface area (Å²) in [5.74, 6) is -1.12. The van der Waals surface area contributed by atoms with E-state index >= 15 is 0 Å². The lowest BCUT2D eigenvalue weighted by Gasteiger charge is -2.02. The molecule has 0 aliphatic heterocycles. The van der Waals surface area contributed by atoms with Crippen LogP contribution in [0.25, 0.3) is 0 Å². The first-order valence-corrected chi connectivity index (χ1v) is 4.20. The van der Waals surface area contributed by atoms with E-state index in [2.05, 4.69) is 14.5 Å². The fourth-order valence-corrected chi connectivity index (χ4v) is 0.862. The molecule has 0 aliphatic rings. The minimum absolute atomic E-state index is 0.277. The summed E-state index contributed by atoms with van der Waals surface area (Å²) >= 11 is 0. The Hall–Kier alpha value is -1.78. The number of aromatic nitrogens is 1. The van der Waals surface area contributed by atoms with Gasteiger partial charge in [-0.2, -0.15) is 0 Å². The third kappa shape index (κ3) is 2.93. The number of H-pyrrole nitrogens is 1. The minimum Gasteiger partial charge on any atom is -0.463 e. The van der Waals surface area contributed by atoms with Gasteiger partial charge in [-0.25, -0.2) is 9.59 Å². The van der Waals surface area contributed by atoms with Crippen molar-refractivity contribution >= 4 is 11.9 Å². The third-order valence-electron chi connectivity index (χ3n) is 1.44. The van der Waals surface area contributed by atoms with E-state index in [9.17, 15) is 9.59 Å². The largest absolute Gasteiger partial charge is 0.463 e. The second kappa shape index (κ2) is 5.06. The van der Waals surface area contributed by atoms with Crippen LogP contribution in [0.15, 0.2) is 18.3 Å². The molecule has 1 rings (SSSR count). The number of carbonyl (C=O) groups excluding carboxylic acids is 2. The molecule has 0 bridgehead atoms. The van der Waals surface area contributed by atoms with Crippen LogP contribution < -0.4 is 0 Å². The first-order valence-electron chi connectivity index (χ1n) is 4.20. The van der Waals surface area contributed by atoms with Crippen LogP contribution >= 0.6 is 0 Å². The lowest BCUT2D eigenvalue weighted by atomic mass is 10.4. The van der Waals surface area contributed by atoms with E-state index in [-0.39, 0.29) is 13.2 Å². The van der Waals surface area contributed by atoms with Crippen molar-refractivity contribution in [3.63, 3.8) is 0 Å². The molecule has 1 N–H and O–H groups in total. The fourth-order valence-electron chi connectivity index (χ4n) is 0.862. The number of aromatic amines is 1. The van der Waals surface area contributed by atoms with Crippen LogP contribution in [0, 0.1) is 0 Å². The predicted molar refractivity (Wildman–Crippen MR) is 47.7 cm³/mol. The Morgan fingerprint density at radius 1 is 1.43 bits per heavy atom. The molecule has 0 spiro atoms. The summed E-state index contributed by atoms with van der Waals surface area (Å²) < 4.78 is 9.24. The molecular weight excluding hydrogens is 186 g/mol. The Balaban J connectivity index is 2.32. The quantitative estimate of drug-likeness (QED) is 0.722. The van der Waals surface area contributed by atoms with Gasteiger partial charge >= 0.3 is 11.9 Å². The highest BCUT2D eigenvalue weighted by Crippen LogP contribution is 1.97. The van der Waals surface area contributed by atoms with Crippen molar-refractivity contribution in [2.45, 2.75) is 6.92 Å². The van der Waals surface area contributed by atoms with Crippen LogP contribution in [0.2, 0.25) is 0 Å². The Morgan fingerprint density at radius 2 is 2.21 bits per heavy atom. The SMILES string of the molecule is CCOC(=O)COC(=O)c1ccc[nH]1. The number of carbonyl (C=O) groups is 2. The molecule has 1 aromatic rings. The van der Waals surface area contributed by atoms with E-state index in [1.165, 1.54) is 0 Å². The third-order valence-corrected chi connectivity index (χ3v) is 1.44. The van der Waals surface area contributed by atoms with E-state index in [1.807, 2.05) is 0 Å². The van der Waals surface area contributed by atoms with Gasteiger partial charge in [0.15, 0.2) is 6.61 Å². The van der Waals surface area contributed by atoms with Gasteiger partial charge in [-0.05, 0) is 19.1 Å². The molecule has 0 amide bonds. The molecule has 0 atom stereocenters. The molecule has 0 aromatic carbocycles. The zero-order valence-corrected chi connectivity index (χ0v) is 7.78. The molecule has 0 unspecified atom stereocenters. The average molecular weight is 197 g/mol. The normalized spacial score (nSPS) is 9.50. The molecule has 14 heavy (non-hydrogen) atoms. The van der Waals surface area contributed by atoms with Gasteiger partial charge < -0.3 is 14.5 Å². The van der Waals surface area contributed by atoms with E-state index < -0.39 is 11.9 Å². The summed E-state index contributed by atoms with van der Waals surface area (Å²) in [6, 6.07) is 3.23. The van der Waals surface area contributed by atoms with Gasteiger partial charge in [0.25, 0.3) is 0 Å². The van der Waals surface area contributed by atoms with Crippen molar-refractivity contribution in [2.24, 2.45) is 0 Å². The van der Waals surface area contributed by atoms with Crippen molar-refractivity contribution in [3.05, 3.63) is 24.0 Å². The van der Waals surface area contributed by atoms with Crippen LogP contribution in [-0.2, 0) is 14.3 Å². The number of hydrogen-bond acceptors (Lipinski definition) is 4. The molecule has 0 saturated heterocycles. The van der Waals surface area contributed by atoms with Crippen molar-refractivity contribution in [1.82, 2.24) is 4.98 Å². The lowest BCUT2D eigenvalue weighted by Crippen LogP contribution is -2.16. The molecule has 76 valence electrons. The maximum atomic E-state index is 11.2. The van der Waals surface area contributed by atoms with Crippen molar-refractivity contribution in [3.8, 4) is 0 Å². The number of nitrogens with one attached hydrogen (secondary N) is 1. The highest BCUT2D eigenvalue weighted by Gasteiger charge is 2.10. The first kappa shape index (κ1) is 10.3. The fraction of sp³-hybridized carbons (Fsp3) is 0.333. The van der Waals surface area contributed by atoms with Crippen LogP contribution in [0.5, 0.6) is 0 Å². The highest BCUT2D eigenvalue weighted by atomic mass is 16.6. The van der Waals surface area contributed by atoms with E-state index in [0.717, 1.165) is 0 Å². The summed E-state index contributed by atoms with van der Waals surface area (Å²) in [6.07, 6.45) is 1.60. The number of esters is 2. The second-order valence-electron chi connectivity index (χ2n) is 2.46. The predicted octanol–water partition coefficient (Wildman–Crippen LogP) is 0.735. The summed E-state index contributed by atoms with van der Waals surface area (Å²) in [5.41, 5.74) is 0.314. The highest BCUT2D eigenvalue weighted by molar-refractivity contribution is 5.88. The summed E-state index contributed by atoms with van der Waals surface area (Å²) in [6.45, 7) is 1.61. The Kier molecular flexibility index (Phi) is 3.72. The van der Waals surface area contributed by atoms with Gasteiger partial charge in [0.2, 0.25) is 0 Å². The minimum atomic E-state index is -0.567. The Morgan fingerprint density at radius 3 is 2.79 bits per heavy atom. The smallest absolute Gasteiger partial charge is 0.355 e. The van der Waals surface area contributed by atoms with Crippen molar-refractivity contribution in [1.29, 1.82) is 0 Å². The van der Waals surface area contributed by atoms with Gasteiger partial charge in [0.05, 0.1) is 6.61 Å². The average Bonchev–Trinajstić information content (AvgIpc) is 2.67. The van der Waals surface area contributed by atoms with Gasteiger partial charge in [0, 0.05) is 6.20 Å².